The number of carbonyl (C=O) groups is 1. The van der Waals surface area contributed by atoms with Crippen molar-refractivity contribution in [2.75, 3.05) is 7.11 Å². The van der Waals surface area contributed by atoms with Gasteiger partial charge in [-0.05, 0) is 17.7 Å². The fourth-order valence-electron chi connectivity index (χ4n) is 1.31. The van der Waals surface area contributed by atoms with E-state index in [1.54, 1.807) is 0 Å². The van der Waals surface area contributed by atoms with Gasteiger partial charge in [0.05, 0.1) is 13.5 Å². The molecule has 0 amide bonds. The summed E-state index contributed by atoms with van der Waals surface area (Å²) in [5, 5.41) is 13.4. The van der Waals surface area contributed by atoms with Gasteiger partial charge in [0.25, 0.3) is 0 Å². The summed E-state index contributed by atoms with van der Waals surface area (Å²) < 4.78 is 40.4. The molecule has 1 aromatic rings. The third-order valence-electron chi connectivity index (χ3n) is 1.94. The lowest BCUT2D eigenvalue weighted by Gasteiger charge is -2.09. The first-order valence-corrected chi connectivity index (χ1v) is 5.91. The van der Waals surface area contributed by atoms with Crippen molar-refractivity contribution in [3.8, 4) is 5.75 Å². The molecule has 0 fully saturated rings. The van der Waals surface area contributed by atoms with Gasteiger partial charge in [-0.2, -0.15) is 0 Å². The van der Waals surface area contributed by atoms with Crippen molar-refractivity contribution in [1.29, 1.82) is 0 Å². The zero-order chi connectivity index (χ0) is 13.2. The number of methoxy groups -OCH3 is 1. The Bertz CT molecular complexity index is 555. The van der Waals surface area contributed by atoms with E-state index in [0.717, 1.165) is 19.2 Å². The molecule has 0 radical (unpaired) electrons. The molecule has 1 aromatic carbocycles. The number of nitrogens with two attached hydrogens (primary N) is 1. The average molecular weight is 263 g/mol. The Hall–Kier alpha value is -1.67. The highest BCUT2D eigenvalue weighted by molar-refractivity contribution is 7.89. The van der Waals surface area contributed by atoms with Crippen molar-refractivity contribution < 1.29 is 27.4 Å². The molecular formula is C9H10FNO5S. The van der Waals surface area contributed by atoms with Gasteiger partial charge >= 0.3 is 5.97 Å². The van der Waals surface area contributed by atoms with Gasteiger partial charge in [0.1, 0.15) is 4.90 Å². The number of rotatable bonds is 4. The van der Waals surface area contributed by atoms with E-state index in [2.05, 4.69) is 4.74 Å². The quantitative estimate of drug-likeness (QED) is 0.801. The zero-order valence-electron chi connectivity index (χ0n) is 8.81. The Kier molecular flexibility index (Phi) is 3.69. The van der Waals surface area contributed by atoms with Crippen molar-refractivity contribution in [3.63, 3.8) is 0 Å². The Labute approximate surface area is 96.9 Å². The number of carboxylic acid groups (broad SMARTS) is 1. The van der Waals surface area contributed by atoms with Crippen LogP contribution in [0.1, 0.15) is 5.56 Å². The topological polar surface area (TPSA) is 107 Å². The number of hydrogen-bond acceptors (Lipinski definition) is 4. The molecule has 94 valence electrons. The molecule has 0 heterocycles. The molecule has 0 aliphatic rings. The molecule has 1 rings (SSSR count). The highest BCUT2D eigenvalue weighted by atomic mass is 32.2. The number of primary sulfonamides is 1. The van der Waals surface area contributed by atoms with Crippen molar-refractivity contribution in [3.05, 3.63) is 23.5 Å². The molecule has 0 unspecified atom stereocenters. The van der Waals surface area contributed by atoms with Crippen LogP contribution in [-0.2, 0) is 21.2 Å². The van der Waals surface area contributed by atoms with Crippen molar-refractivity contribution in [1.82, 2.24) is 0 Å². The van der Waals surface area contributed by atoms with Gasteiger partial charge < -0.3 is 9.84 Å². The maximum atomic E-state index is 13.5. The highest BCUT2D eigenvalue weighted by Crippen LogP contribution is 2.27. The summed E-state index contributed by atoms with van der Waals surface area (Å²) in [7, 11) is -3.10. The van der Waals surface area contributed by atoms with Crippen LogP contribution in [0.25, 0.3) is 0 Å². The van der Waals surface area contributed by atoms with Gasteiger partial charge in [0.15, 0.2) is 11.6 Å². The number of aliphatic carboxylic acids is 1. The molecule has 0 saturated carbocycles. The normalized spacial score (nSPS) is 11.2. The molecule has 0 atom stereocenters. The fourth-order valence-corrected chi connectivity index (χ4v) is 2.06. The van der Waals surface area contributed by atoms with E-state index in [1.807, 2.05) is 0 Å². The van der Waals surface area contributed by atoms with E-state index in [-0.39, 0.29) is 5.56 Å². The monoisotopic (exact) mass is 263 g/mol. The minimum absolute atomic E-state index is 0.0141. The number of carboxylic acids is 1. The van der Waals surface area contributed by atoms with Crippen LogP contribution < -0.4 is 9.88 Å². The molecule has 6 nitrogen and oxygen atoms in total. The van der Waals surface area contributed by atoms with Crippen LogP contribution in [0, 0.1) is 5.82 Å². The molecule has 3 N–H and O–H groups in total. The highest BCUT2D eigenvalue weighted by Gasteiger charge is 2.20. The third kappa shape index (κ3) is 3.14. The van der Waals surface area contributed by atoms with E-state index in [1.165, 1.54) is 0 Å². The number of ether oxygens (including phenoxy) is 1. The fraction of sp³-hybridized carbons (Fsp3) is 0.222. The van der Waals surface area contributed by atoms with E-state index in [4.69, 9.17) is 10.2 Å². The lowest BCUT2D eigenvalue weighted by molar-refractivity contribution is -0.136. The Morgan fingerprint density at radius 3 is 2.53 bits per heavy atom. The van der Waals surface area contributed by atoms with Gasteiger partial charge in [-0.3, -0.25) is 4.79 Å². The SMILES string of the molecule is COc1c(F)cc(CC(=O)O)cc1S(N)(=O)=O. The zero-order valence-corrected chi connectivity index (χ0v) is 9.62. The second kappa shape index (κ2) is 4.68. The van der Waals surface area contributed by atoms with Gasteiger partial charge in [0.2, 0.25) is 10.0 Å². The van der Waals surface area contributed by atoms with Crippen LogP contribution in [0.5, 0.6) is 5.75 Å². The average Bonchev–Trinajstić information content (AvgIpc) is 2.14. The number of sulfonamides is 1. The molecule has 0 saturated heterocycles. The summed E-state index contributed by atoms with van der Waals surface area (Å²) in [4.78, 5) is 9.89. The minimum atomic E-state index is -4.18. The smallest absolute Gasteiger partial charge is 0.307 e. The Morgan fingerprint density at radius 2 is 2.12 bits per heavy atom. The minimum Gasteiger partial charge on any atom is -0.492 e. The van der Waals surface area contributed by atoms with E-state index < -0.39 is 38.9 Å². The van der Waals surface area contributed by atoms with Crippen LogP contribution in [0.3, 0.4) is 0 Å². The lowest BCUT2D eigenvalue weighted by atomic mass is 10.1. The summed E-state index contributed by atoms with van der Waals surface area (Å²) in [6, 6.07) is 1.87. The van der Waals surface area contributed by atoms with E-state index >= 15 is 0 Å². The Balaban J connectivity index is 3.44. The molecule has 0 spiro atoms. The predicted octanol–water partition coefficient (Wildman–Crippen LogP) is 0.109. The Morgan fingerprint density at radius 1 is 1.53 bits per heavy atom. The number of benzene rings is 1. The third-order valence-corrected chi connectivity index (χ3v) is 2.85. The summed E-state index contributed by atoms with van der Waals surface area (Å²) >= 11 is 0. The van der Waals surface area contributed by atoms with Gasteiger partial charge in [0, 0.05) is 0 Å². The molecule has 0 bridgehead atoms. The predicted molar refractivity (Wildman–Crippen MR) is 55.7 cm³/mol. The van der Waals surface area contributed by atoms with Crippen molar-refractivity contribution in [2.45, 2.75) is 11.3 Å². The van der Waals surface area contributed by atoms with Crippen molar-refractivity contribution in [2.24, 2.45) is 5.14 Å². The first-order valence-electron chi connectivity index (χ1n) is 4.36. The lowest BCUT2D eigenvalue weighted by Crippen LogP contribution is -2.15. The first-order chi connectivity index (χ1) is 7.75. The summed E-state index contributed by atoms with van der Waals surface area (Å²) in [5.74, 6) is -2.72. The molecule has 0 aliphatic carbocycles. The second-order valence-corrected chi connectivity index (χ2v) is 4.75. The van der Waals surface area contributed by atoms with Crippen LogP contribution in [0.2, 0.25) is 0 Å². The van der Waals surface area contributed by atoms with Crippen LogP contribution >= 0.6 is 0 Å². The van der Waals surface area contributed by atoms with Crippen LogP contribution in [0.15, 0.2) is 17.0 Å². The number of halogens is 1. The molecule has 8 heteroatoms. The largest absolute Gasteiger partial charge is 0.492 e. The summed E-state index contributed by atoms with van der Waals surface area (Å²) in [6.45, 7) is 0. The summed E-state index contributed by atoms with van der Waals surface area (Å²) in [5.41, 5.74) is -0.0141. The molecular weight excluding hydrogens is 253 g/mol. The van der Waals surface area contributed by atoms with E-state index in [9.17, 15) is 17.6 Å². The van der Waals surface area contributed by atoms with Gasteiger partial charge in [-0.15, -0.1) is 0 Å². The molecule has 0 aromatic heterocycles. The molecule has 17 heavy (non-hydrogen) atoms. The number of hydrogen-bond donors (Lipinski definition) is 2. The summed E-state index contributed by atoms with van der Waals surface area (Å²) in [6.07, 6.45) is -0.510. The second-order valence-electron chi connectivity index (χ2n) is 3.22. The maximum Gasteiger partial charge on any atom is 0.307 e. The molecule has 0 aliphatic heterocycles. The van der Waals surface area contributed by atoms with Gasteiger partial charge in [-0.25, -0.2) is 17.9 Å². The first kappa shape index (κ1) is 13.4. The van der Waals surface area contributed by atoms with Crippen molar-refractivity contribution >= 4 is 16.0 Å². The van der Waals surface area contributed by atoms with Gasteiger partial charge in [-0.1, -0.05) is 0 Å². The standard InChI is InChI=1S/C9H10FNO5S/c1-16-9-6(10)2-5(4-8(12)13)3-7(9)17(11,14)15/h2-3H,4H2,1H3,(H,12,13)(H2,11,14,15). The van der Waals surface area contributed by atoms with Crippen LogP contribution in [0.4, 0.5) is 4.39 Å². The maximum absolute atomic E-state index is 13.5. The van der Waals surface area contributed by atoms with E-state index in [0.29, 0.717) is 0 Å². The van der Waals surface area contributed by atoms with Crippen LogP contribution in [-0.4, -0.2) is 26.6 Å².